The fraction of sp³-hybridized carbons (Fsp3) is 0.286. The number of amides is 2. The summed E-state index contributed by atoms with van der Waals surface area (Å²) in [5.41, 5.74) is 2.62. The number of nitro groups is 1. The Labute approximate surface area is 226 Å². The highest BCUT2D eigenvalue weighted by molar-refractivity contribution is 7.99. The molecule has 9 heteroatoms. The van der Waals surface area contributed by atoms with Crippen molar-refractivity contribution in [2.75, 3.05) is 12.3 Å². The number of nitro benzene ring substituents is 1. The molecule has 0 aliphatic rings. The fourth-order valence-corrected chi connectivity index (χ4v) is 4.85. The SMILES string of the molecule is CCCNC(=O)[C@@H](Cc1ccccc1)N(Cc1ccccc1Cl)C(=O)CSCc1ccc([N+](=O)[O-])cc1. The molecule has 0 aromatic heterocycles. The van der Waals surface area contributed by atoms with Gasteiger partial charge in [-0.05, 0) is 29.2 Å². The van der Waals surface area contributed by atoms with Crippen molar-refractivity contribution in [3.8, 4) is 0 Å². The molecule has 0 radical (unpaired) electrons. The highest BCUT2D eigenvalue weighted by atomic mass is 35.5. The van der Waals surface area contributed by atoms with Crippen LogP contribution >= 0.6 is 23.4 Å². The maximum absolute atomic E-state index is 13.6. The van der Waals surface area contributed by atoms with Crippen LogP contribution < -0.4 is 5.32 Å². The lowest BCUT2D eigenvalue weighted by atomic mass is 10.0. The molecule has 3 aromatic carbocycles. The monoisotopic (exact) mass is 539 g/mol. The third-order valence-corrected chi connectivity index (χ3v) is 7.12. The highest BCUT2D eigenvalue weighted by Gasteiger charge is 2.30. The van der Waals surface area contributed by atoms with Crippen molar-refractivity contribution in [2.45, 2.75) is 38.1 Å². The van der Waals surface area contributed by atoms with Gasteiger partial charge in [-0.2, -0.15) is 0 Å². The largest absolute Gasteiger partial charge is 0.354 e. The second-order valence-electron chi connectivity index (χ2n) is 8.53. The molecule has 194 valence electrons. The smallest absolute Gasteiger partial charge is 0.269 e. The first-order valence-electron chi connectivity index (χ1n) is 12.0. The minimum Gasteiger partial charge on any atom is -0.354 e. The number of thioether (sulfide) groups is 1. The van der Waals surface area contributed by atoms with Crippen LogP contribution in [-0.4, -0.2) is 40.0 Å². The van der Waals surface area contributed by atoms with Crippen molar-refractivity contribution in [3.05, 3.63) is 111 Å². The maximum atomic E-state index is 13.6. The van der Waals surface area contributed by atoms with Crippen LogP contribution in [0.1, 0.15) is 30.0 Å². The van der Waals surface area contributed by atoms with Crippen LogP contribution in [0.5, 0.6) is 0 Å². The highest BCUT2D eigenvalue weighted by Crippen LogP contribution is 2.22. The molecule has 0 fully saturated rings. The van der Waals surface area contributed by atoms with Gasteiger partial charge < -0.3 is 10.2 Å². The minimum atomic E-state index is -0.710. The van der Waals surface area contributed by atoms with Crippen LogP contribution in [0.15, 0.2) is 78.9 Å². The average molecular weight is 540 g/mol. The van der Waals surface area contributed by atoms with Gasteiger partial charge in [-0.1, -0.05) is 79.2 Å². The van der Waals surface area contributed by atoms with Crippen LogP contribution in [0.25, 0.3) is 0 Å². The third kappa shape index (κ3) is 8.61. The summed E-state index contributed by atoms with van der Waals surface area (Å²) >= 11 is 7.83. The van der Waals surface area contributed by atoms with Gasteiger partial charge in [0.15, 0.2) is 0 Å². The van der Waals surface area contributed by atoms with E-state index >= 15 is 0 Å². The summed E-state index contributed by atoms with van der Waals surface area (Å²) in [5, 5.41) is 14.4. The number of hydrogen-bond donors (Lipinski definition) is 1. The van der Waals surface area contributed by atoms with Crippen molar-refractivity contribution < 1.29 is 14.5 Å². The van der Waals surface area contributed by atoms with E-state index in [1.165, 1.54) is 23.9 Å². The Morgan fingerprint density at radius 3 is 2.32 bits per heavy atom. The van der Waals surface area contributed by atoms with Crippen LogP contribution in [0.4, 0.5) is 5.69 Å². The summed E-state index contributed by atoms with van der Waals surface area (Å²) in [6.07, 6.45) is 1.16. The first-order chi connectivity index (χ1) is 17.9. The Kier molecular flexibility index (Phi) is 11.0. The number of nitrogens with one attached hydrogen (secondary N) is 1. The van der Waals surface area contributed by atoms with Gasteiger partial charge in [0.25, 0.3) is 5.69 Å². The summed E-state index contributed by atoms with van der Waals surface area (Å²) in [4.78, 5) is 39.0. The molecule has 0 saturated heterocycles. The molecule has 1 atom stereocenters. The first-order valence-corrected chi connectivity index (χ1v) is 13.6. The van der Waals surface area contributed by atoms with Gasteiger partial charge in [0, 0.05) is 42.4 Å². The minimum absolute atomic E-state index is 0.0255. The first kappa shape index (κ1) is 28.2. The normalized spacial score (nSPS) is 11.5. The number of carbonyl (C=O) groups excluding carboxylic acids is 2. The van der Waals surface area contributed by atoms with Crippen LogP contribution in [0, 0.1) is 10.1 Å². The average Bonchev–Trinajstić information content (AvgIpc) is 2.91. The molecule has 0 aliphatic carbocycles. The van der Waals surface area contributed by atoms with Gasteiger partial charge in [-0.15, -0.1) is 11.8 Å². The molecule has 0 bridgehead atoms. The van der Waals surface area contributed by atoms with E-state index in [4.69, 9.17) is 11.6 Å². The number of benzene rings is 3. The molecule has 0 heterocycles. The second-order valence-corrected chi connectivity index (χ2v) is 9.92. The number of carbonyl (C=O) groups is 2. The second kappa shape index (κ2) is 14.4. The number of rotatable bonds is 13. The standard InChI is InChI=1S/C28H30ClN3O4S/c1-2-16-30-28(34)26(17-21-8-4-3-5-9-21)31(18-23-10-6-7-11-25(23)29)27(33)20-37-19-22-12-14-24(15-13-22)32(35)36/h3-15,26H,2,16-20H2,1H3,(H,30,34)/t26-/m1/s1. The zero-order chi connectivity index (χ0) is 26.6. The van der Waals surface area contributed by atoms with Gasteiger partial charge in [0.2, 0.25) is 11.8 Å². The fourth-order valence-electron chi connectivity index (χ4n) is 3.78. The molecule has 1 N–H and O–H groups in total. The molecule has 37 heavy (non-hydrogen) atoms. The Morgan fingerprint density at radius 1 is 1.00 bits per heavy atom. The van der Waals surface area contributed by atoms with Crippen molar-refractivity contribution in [2.24, 2.45) is 0 Å². The van der Waals surface area contributed by atoms with E-state index in [9.17, 15) is 19.7 Å². The predicted octanol–water partition coefficient (Wildman–Crippen LogP) is 5.65. The van der Waals surface area contributed by atoms with Gasteiger partial charge in [-0.25, -0.2) is 0 Å². The Morgan fingerprint density at radius 2 is 1.68 bits per heavy atom. The number of hydrogen-bond acceptors (Lipinski definition) is 5. The molecule has 7 nitrogen and oxygen atoms in total. The predicted molar refractivity (Wildman–Crippen MR) is 148 cm³/mol. The zero-order valence-electron chi connectivity index (χ0n) is 20.6. The maximum Gasteiger partial charge on any atom is 0.269 e. The summed E-state index contributed by atoms with van der Waals surface area (Å²) in [6.45, 7) is 2.70. The third-order valence-electron chi connectivity index (χ3n) is 5.76. The summed E-state index contributed by atoms with van der Waals surface area (Å²) < 4.78 is 0. The Balaban J connectivity index is 1.81. The van der Waals surface area contributed by atoms with E-state index in [1.807, 2.05) is 55.5 Å². The zero-order valence-corrected chi connectivity index (χ0v) is 22.2. The quantitative estimate of drug-likeness (QED) is 0.224. The topological polar surface area (TPSA) is 92.6 Å². The van der Waals surface area contributed by atoms with E-state index in [0.717, 1.165) is 23.1 Å². The lowest BCUT2D eigenvalue weighted by Gasteiger charge is -2.31. The van der Waals surface area contributed by atoms with E-state index < -0.39 is 11.0 Å². The number of halogens is 1. The Hall–Kier alpha value is -3.36. The van der Waals surface area contributed by atoms with Crippen LogP contribution in [0.3, 0.4) is 0 Å². The summed E-state index contributed by atoms with van der Waals surface area (Å²) in [6, 6.07) is 22.5. The number of non-ortho nitro benzene ring substituents is 1. The molecule has 0 unspecified atom stereocenters. The molecule has 2 amide bonds. The lowest BCUT2D eigenvalue weighted by molar-refractivity contribution is -0.384. The van der Waals surface area contributed by atoms with E-state index in [1.54, 1.807) is 23.1 Å². The van der Waals surface area contributed by atoms with Crippen molar-refractivity contribution >= 4 is 40.9 Å². The summed E-state index contributed by atoms with van der Waals surface area (Å²) in [7, 11) is 0. The van der Waals surface area contributed by atoms with E-state index in [0.29, 0.717) is 23.7 Å². The van der Waals surface area contributed by atoms with E-state index in [2.05, 4.69) is 5.32 Å². The lowest BCUT2D eigenvalue weighted by Crippen LogP contribution is -2.51. The molecule has 0 aliphatic heterocycles. The molecule has 0 saturated carbocycles. The van der Waals surface area contributed by atoms with Crippen LogP contribution in [0.2, 0.25) is 5.02 Å². The van der Waals surface area contributed by atoms with Gasteiger partial charge >= 0.3 is 0 Å². The van der Waals surface area contributed by atoms with Gasteiger partial charge in [0.1, 0.15) is 6.04 Å². The van der Waals surface area contributed by atoms with Gasteiger partial charge in [-0.3, -0.25) is 19.7 Å². The molecule has 3 aromatic rings. The summed E-state index contributed by atoms with van der Waals surface area (Å²) in [5.74, 6) is 0.272. The molecular formula is C28H30ClN3O4S. The van der Waals surface area contributed by atoms with Crippen molar-refractivity contribution in [1.29, 1.82) is 0 Å². The Bertz CT molecular complexity index is 1190. The van der Waals surface area contributed by atoms with Crippen molar-refractivity contribution in [1.82, 2.24) is 10.2 Å². The van der Waals surface area contributed by atoms with Crippen molar-refractivity contribution in [3.63, 3.8) is 0 Å². The molecule has 3 rings (SSSR count). The van der Waals surface area contributed by atoms with Gasteiger partial charge in [0.05, 0.1) is 10.7 Å². The molecule has 0 spiro atoms. The van der Waals surface area contributed by atoms with E-state index in [-0.39, 0.29) is 29.8 Å². The number of nitrogens with zero attached hydrogens (tertiary/aromatic N) is 2. The molecular weight excluding hydrogens is 510 g/mol. The van der Waals surface area contributed by atoms with Crippen LogP contribution in [-0.2, 0) is 28.3 Å².